The van der Waals surface area contributed by atoms with Gasteiger partial charge in [0.25, 0.3) is 0 Å². The van der Waals surface area contributed by atoms with Crippen LogP contribution in [0.3, 0.4) is 0 Å². The molecule has 1 aliphatic heterocycles. The third-order valence-corrected chi connectivity index (χ3v) is 3.27. The molecule has 2 unspecified atom stereocenters. The summed E-state index contributed by atoms with van der Waals surface area (Å²) in [6.07, 6.45) is 0.803. The van der Waals surface area contributed by atoms with Crippen molar-refractivity contribution in [3.63, 3.8) is 0 Å². The number of rotatable bonds is 5. The van der Waals surface area contributed by atoms with Crippen molar-refractivity contribution in [1.82, 2.24) is 5.32 Å². The molecule has 3 nitrogen and oxygen atoms in total. The molecule has 1 N–H and O–H groups in total. The van der Waals surface area contributed by atoms with Gasteiger partial charge >= 0.3 is 6.61 Å². The summed E-state index contributed by atoms with van der Waals surface area (Å²) in [5, 5.41) is 3.30. The lowest BCUT2D eigenvalue weighted by molar-refractivity contribution is -0.0633. The fourth-order valence-corrected chi connectivity index (χ4v) is 2.50. The molecule has 2 rings (SSSR count). The van der Waals surface area contributed by atoms with Crippen LogP contribution in [-0.4, -0.2) is 25.8 Å². The lowest BCUT2D eigenvalue weighted by atomic mass is 10.0. The molecule has 1 aliphatic rings. The van der Waals surface area contributed by atoms with Gasteiger partial charge in [-0.25, -0.2) is 0 Å². The number of morpholine rings is 1. The van der Waals surface area contributed by atoms with E-state index in [1.165, 1.54) is 0 Å². The van der Waals surface area contributed by atoms with Gasteiger partial charge in [0, 0.05) is 18.7 Å². The minimum Gasteiger partial charge on any atom is -0.434 e. The summed E-state index contributed by atoms with van der Waals surface area (Å²) in [6.45, 7) is 2.87. The Labute approximate surface area is 118 Å². The molecule has 5 heteroatoms. The smallest absolute Gasteiger partial charge is 0.387 e. The van der Waals surface area contributed by atoms with E-state index >= 15 is 0 Å². The van der Waals surface area contributed by atoms with Crippen molar-refractivity contribution in [2.45, 2.75) is 39.1 Å². The summed E-state index contributed by atoms with van der Waals surface area (Å²) in [4.78, 5) is 0. The quantitative estimate of drug-likeness (QED) is 0.900. The monoisotopic (exact) mass is 285 g/mol. The number of nitrogens with one attached hydrogen (secondary N) is 1. The van der Waals surface area contributed by atoms with Gasteiger partial charge in [-0.3, -0.25) is 0 Å². The Bertz CT molecular complexity index is 426. The fourth-order valence-electron chi connectivity index (χ4n) is 2.50. The zero-order valence-corrected chi connectivity index (χ0v) is 11.8. The largest absolute Gasteiger partial charge is 0.434 e. The van der Waals surface area contributed by atoms with E-state index in [1.807, 2.05) is 6.07 Å². The lowest BCUT2D eigenvalue weighted by Crippen LogP contribution is -2.41. The van der Waals surface area contributed by atoms with Crippen molar-refractivity contribution < 1.29 is 18.3 Å². The van der Waals surface area contributed by atoms with E-state index in [4.69, 9.17) is 4.74 Å². The molecule has 0 aromatic heterocycles. The Hall–Kier alpha value is -1.20. The zero-order chi connectivity index (χ0) is 14.5. The Morgan fingerprint density at radius 1 is 1.30 bits per heavy atom. The third-order valence-electron chi connectivity index (χ3n) is 3.27. The Morgan fingerprint density at radius 2 is 2.05 bits per heavy atom. The van der Waals surface area contributed by atoms with Gasteiger partial charge in [0.2, 0.25) is 0 Å². The van der Waals surface area contributed by atoms with Crippen LogP contribution in [0.2, 0.25) is 0 Å². The van der Waals surface area contributed by atoms with Crippen molar-refractivity contribution in [3.8, 4) is 5.75 Å². The predicted octanol–water partition coefficient (Wildman–Crippen LogP) is 3.36. The number of para-hydroxylation sites is 1. The molecule has 1 aromatic carbocycles. The average Bonchev–Trinajstić information content (AvgIpc) is 2.38. The predicted molar refractivity (Wildman–Crippen MR) is 73.0 cm³/mol. The first-order valence-electron chi connectivity index (χ1n) is 6.96. The highest BCUT2D eigenvalue weighted by atomic mass is 19.3. The maximum Gasteiger partial charge on any atom is 0.387 e. The minimum absolute atomic E-state index is 0.105. The van der Waals surface area contributed by atoms with E-state index in [2.05, 4.69) is 23.9 Å². The van der Waals surface area contributed by atoms with Gasteiger partial charge in [0.05, 0.1) is 12.2 Å². The van der Waals surface area contributed by atoms with Crippen LogP contribution in [0.4, 0.5) is 8.78 Å². The van der Waals surface area contributed by atoms with Gasteiger partial charge in [-0.15, -0.1) is 0 Å². The standard InChI is InChI=1S/C15H21F2NO2/c1-10(2)7-11-8-18-9-14(19-11)12-5-3-4-6-13(12)20-15(16)17/h3-6,10-11,14-15,18H,7-9H2,1-2H3. The minimum atomic E-state index is -2.82. The van der Waals surface area contributed by atoms with Gasteiger partial charge < -0.3 is 14.8 Å². The molecule has 1 heterocycles. The number of alkyl halides is 2. The van der Waals surface area contributed by atoms with Gasteiger partial charge in [-0.1, -0.05) is 32.0 Å². The van der Waals surface area contributed by atoms with Crippen molar-refractivity contribution in [2.75, 3.05) is 13.1 Å². The molecule has 0 radical (unpaired) electrons. The molecule has 0 saturated carbocycles. The number of halogens is 2. The zero-order valence-electron chi connectivity index (χ0n) is 11.8. The van der Waals surface area contributed by atoms with Gasteiger partial charge in [-0.2, -0.15) is 8.78 Å². The summed E-state index contributed by atoms with van der Waals surface area (Å²) in [6, 6.07) is 6.82. The number of benzene rings is 1. The highest BCUT2D eigenvalue weighted by molar-refractivity contribution is 5.35. The van der Waals surface area contributed by atoms with Crippen molar-refractivity contribution >= 4 is 0 Å². The second-order valence-corrected chi connectivity index (χ2v) is 5.45. The summed E-state index contributed by atoms with van der Waals surface area (Å²) >= 11 is 0. The second-order valence-electron chi connectivity index (χ2n) is 5.45. The highest BCUT2D eigenvalue weighted by Crippen LogP contribution is 2.31. The first kappa shape index (κ1) is 15.2. The molecule has 2 atom stereocenters. The van der Waals surface area contributed by atoms with Crippen molar-refractivity contribution in [1.29, 1.82) is 0 Å². The van der Waals surface area contributed by atoms with E-state index < -0.39 is 6.61 Å². The van der Waals surface area contributed by atoms with Crippen LogP contribution in [-0.2, 0) is 4.74 Å². The second kappa shape index (κ2) is 6.99. The van der Waals surface area contributed by atoms with E-state index in [-0.39, 0.29) is 18.0 Å². The van der Waals surface area contributed by atoms with Crippen LogP contribution >= 0.6 is 0 Å². The molecule has 0 aliphatic carbocycles. The molecule has 1 fully saturated rings. The van der Waals surface area contributed by atoms with E-state index in [0.717, 1.165) is 13.0 Å². The Kier molecular flexibility index (Phi) is 5.31. The molecule has 112 valence electrons. The van der Waals surface area contributed by atoms with Crippen LogP contribution in [0.5, 0.6) is 5.75 Å². The molecule has 0 spiro atoms. The average molecular weight is 285 g/mol. The van der Waals surface area contributed by atoms with E-state index in [0.29, 0.717) is 18.0 Å². The maximum atomic E-state index is 12.4. The Balaban J connectivity index is 2.10. The summed E-state index contributed by atoms with van der Waals surface area (Å²) in [7, 11) is 0. The molecule has 0 bridgehead atoms. The molecule has 20 heavy (non-hydrogen) atoms. The van der Waals surface area contributed by atoms with Gasteiger partial charge in [-0.05, 0) is 18.4 Å². The van der Waals surface area contributed by atoms with Crippen LogP contribution < -0.4 is 10.1 Å². The fraction of sp³-hybridized carbons (Fsp3) is 0.600. The van der Waals surface area contributed by atoms with Gasteiger partial charge in [0.1, 0.15) is 5.75 Å². The number of hydrogen-bond donors (Lipinski definition) is 1. The van der Waals surface area contributed by atoms with Crippen LogP contribution in [0.25, 0.3) is 0 Å². The van der Waals surface area contributed by atoms with Crippen LogP contribution in [0.15, 0.2) is 24.3 Å². The third kappa shape index (κ3) is 4.15. The summed E-state index contributed by atoms with van der Waals surface area (Å²) in [5.41, 5.74) is 0.675. The number of ether oxygens (including phenoxy) is 2. The van der Waals surface area contributed by atoms with Crippen molar-refractivity contribution in [3.05, 3.63) is 29.8 Å². The molecule has 0 amide bonds. The normalized spacial score (nSPS) is 23.3. The number of hydrogen-bond acceptors (Lipinski definition) is 3. The summed E-state index contributed by atoms with van der Waals surface area (Å²) < 4.78 is 35.5. The Morgan fingerprint density at radius 3 is 2.75 bits per heavy atom. The van der Waals surface area contributed by atoms with Crippen molar-refractivity contribution in [2.24, 2.45) is 5.92 Å². The first-order valence-corrected chi connectivity index (χ1v) is 6.96. The van der Waals surface area contributed by atoms with E-state index in [9.17, 15) is 8.78 Å². The molecule has 1 aromatic rings. The SMILES string of the molecule is CC(C)CC1CNCC(c2ccccc2OC(F)F)O1. The maximum absolute atomic E-state index is 12.4. The molecule has 1 saturated heterocycles. The van der Waals surface area contributed by atoms with Crippen LogP contribution in [0.1, 0.15) is 31.9 Å². The molecular weight excluding hydrogens is 264 g/mol. The summed E-state index contributed by atoms with van der Waals surface area (Å²) in [5.74, 6) is 0.729. The highest BCUT2D eigenvalue weighted by Gasteiger charge is 2.26. The van der Waals surface area contributed by atoms with E-state index in [1.54, 1.807) is 18.2 Å². The first-order chi connectivity index (χ1) is 9.56. The lowest BCUT2D eigenvalue weighted by Gasteiger charge is -2.32. The van der Waals surface area contributed by atoms with Gasteiger partial charge in [0.15, 0.2) is 0 Å². The molecular formula is C15H21F2NO2. The van der Waals surface area contributed by atoms with Crippen LogP contribution in [0, 0.1) is 5.92 Å². The topological polar surface area (TPSA) is 30.5 Å².